The van der Waals surface area contributed by atoms with Crippen LogP contribution in [-0.2, 0) is 9.22 Å². The van der Waals surface area contributed by atoms with Crippen molar-refractivity contribution in [3.05, 3.63) is 49.1 Å². The van der Waals surface area contributed by atoms with Gasteiger partial charge in [-0.25, -0.2) is 4.79 Å². The van der Waals surface area contributed by atoms with Crippen molar-refractivity contribution in [1.82, 2.24) is 0 Å². The number of esters is 1. The largest absolute Gasteiger partial charge is 0.525 e. The maximum Gasteiger partial charge on any atom is 0.365 e. The minimum atomic E-state index is -0.949. The third kappa shape index (κ3) is 3.43. The Balaban J connectivity index is 2.24. The number of carbonyl (C=O) groups excluding carboxylic acids is 1. The highest BCUT2D eigenvalue weighted by atomic mass is 28.3. The van der Waals surface area contributed by atoms with Crippen molar-refractivity contribution in [1.29, 1.82) is 0 Å². The maximum atomic E-state index is 11.1. The fourth-order valence-electron chi connectivity index (χ4n) is 1.64. The van der Waals surface area contributed by atoms with Gasteiger partial charge in [-0.3, -0.25) is 0 Å². The Hall–Kier alpha value is -2.11. The summed E-state index contributed by atoms with van der Waals surface area (Å²) in [6, 6.07) is 11.1. The summed E-state index contributed by atoms with van der Waals surface area (Å²) >= 11 is 0. The lowest BCUT2D eigenvalue weighted by Crippen LogP contribution is -2.04. The molecule has 2 rings (SSSR count). The highest BCUT2D eigenvalue weighted by Crippen LogP contribution is 2.25. The summed E-state index contributed by atoms with van der Waals surface area (Å²) in [6.07, 6.45) is 1.14. The molecule has 0 saturated heterocycles. The van der Waals surface area contributed by atoms with Crippen LogP contribution in [0, 0.1) is 0 Å². The van der Waals surface area contributed by atoms with E-state index in [-0.39, 0.29) is 0 Å². The predicted molar refractivity (Wildman–Crippen MR) is 76.0 cm³/mol. The first-order valence-electron chi connectivity index (χ1n) is 5.73. The molecule has 0 saturated carbocycles. The molecule has 0 radical (unpaired) electrons. The number of benzene rings is 2. The predicted octanol–water partition coefficient (Wildman–Crippen LogP) is 1.96. The molecule has 2 aromatic carbocycles. The minimum Gasteiger partial charge on any atom is -0.525 e. The van der Waals surface area contributed by atoms with E-state index in [9.17, 15) is 4.79 Å². The molecule has 19 heavy (non-hydrogen) atoms. The zero-order chi connectivity index (χ0) is 13.7. The number of hydrogen-bond donors (Lipinski definition) is 0. The molecule has 0 atom stereocenters. The van der Waals surface area contributed by atoms with Crippen LogP contribution in [0.25, 0.3) is 10.8 Å². The van der Waals surface area contributed by atoms with Crippen molar-refractivity contribution < 1.29 is 18.4 Å². The van der Waals surface area contributed by atoms with Crippen LogP contribution in [-0.4, -0.2) is 23.1 Å². The third-order valence-electron chi connectivity index (χ3n) is 2.51. The van der Waals surface area contributed by atoms with Crippen molar-refractivity contribution in [2.45, 2.75) is 0 Å². The Labute approximate surface area is 113 Å². The van der Waals surface area contributed by atoms with E-state index in [4.69, 9.17) is 13.6 Å². The topological polar surface area (TPSA) is 44.8 Å². The molecule has 4 nitrogen and oxygen atoms in total. The Kier molecular flexibility index (Phi) is 4.33. The summed E-state index contributed by atoms with van der Waals surface area (Å²) in [4.78, 5) is 11.1. The Morgan fingerprint density at radius 3 is 2.42 bits per heavy atom. The summed E-state index contributed by atoms with van der Waals surface area (Å²) in [7, 11) is 0.683. The molecule has 5 heteroatoms. The summed E-state index contributed by atoms with van der Waals surface area (Å²) in [5.74, 6) is 0.819. The maximum absolute atomic E-state index is 11.1. The highest BCUT2D eigenvalue weighted by molar-refractivity contribution is 6.19. The van der Waals surface area contributed by atoms with Crippen LogP contribution in [0.3, 0.4) is 0 Å². The summed E-state index contributed by atoms with van der Waals surface area (Å²) < 4.78 is 15.5. The lowest BCUT2D eigenvalue weighted by atomic mass is 10.1. The van der Waals surface area contributed by atoms with Crippen LogP contribution in [0.2, 0.25) is 0 Å². The average molecular weight is 274 g/mol. The van der Waals surface area contributed by atoms with Gasteiger partial charge in [0.2, 0.25) is 0 Å². The van der Waals surface area contributed by atoms with Gasteiger partial charge >= 0.3 is 16.0 Å². The standard InChI is InChI=1S/C14H14O4Si/c1-3-14(15)17-12-6-4-11-9-13(18-19-16-2)7-5-10(11)8-12/h3-9H,1,19H2,2H3. The van der Waals surface area contributed by atoms with Crippen molar-refractivity contribution in [2.24, 2.45) is 0 Å². The molecule has 0 amide bonds. The van der Waals surface area contributed by atoms with Crippen LogP contribution in [0.1, 0.15) is 0 Å². The van der Waals surface area contributed by atoms with Gasteiger partial charge in [-0.1, -0.05) is 18.7 Å². The molecule has 0 bridgehead atoms. The molecule has 0 heterocycles. The van der Waals surface area contributed by atoms with Gasteiger partial charge in [0.1, 0.15) is 11.5 Å². The fraction of sp³-hybridized carbons (Fsp3) is 0.0714. The molecule has 0 fully saturated rings. The van der Waals surface area contributed by atoms with Gasteiger partial charge in [0.15, 0.2) is 0 Å². The minimum absolute atomic E-state index is 0.467. The molecule has 0 aliphatic carbocycles. The van der Waals surface area contributed by atoms with Crippen LogP contribution >= 0.6 is 0 Å². The third-order valence-corrected chi connectivity index (χ3v) is 3.20. The summed E-state index contributed by atoms with van der Waals surface area (Å²) in [5.41, 5.74) is 0. The monoisotopic (exact) mass is 274 g/mol. The number of rotatable bonds is 5. The van der Waals surface area contributed by atoms with Crippen molar-refractivity contribution in [2.75, 3.05) is 7.11 Å². The molecular formula is C14H14O4Si. The molecule has 98 valence electrons. The van der Waals surface area contributed by atoms with E-state index in [2.05, 4.69) is 6.58 Å². The van der Waals surface area contributed by atoms with Crippen LogP contribution in [0.5, 0.6) is 11.5 Å². The molecule has 0 N–H and O–H groups in total. The number of ether oxygens (including phenoxy) is 1. The number of hydrogen-bond acceptors (Lipinski definition) is 4. The molecule has 0 aliphatic heterocycles. The lowest BCUT2D eigenvalue weighted by molar-refractivity contribution is -0.128. The summed E-state index contributed by atoms with van der Waals surface area (Å²) in [5, 5.41) is 1.99. The first-order valence-corrected chi connectivity index (χ1v) is 6.88. The quantitative estimate of drug-likeness (QED) is 0.362. The first kappa shape index (κ1) is 13.3. The van der Waals surface area contributed by atoms with Crippen molar-refractivity contribution in [3.63, 3.8) is 0 Å². The number of fused-ring (bicyclic) bond motifs is 1. The lowest BCUT2D eigenvalue weighted by Gasteiger charge is -2.07. The molecule has 0 spiro atoms. The van der Waals surface area contributed by atoms with E-state index in [0.29, 0.717) is 5.75 Å². The van der Waals surface area contributed by atoms with Gasteiger partial charge < -0.3 is 13.6 Å². The van der Waals surface area contributed by atoms with E-state index in [0.717, 1.165) is 22.6 Å². The second-order valence-corrected chi connectivity index (χ2v) is 4.95. The Morgan fingerprint density at radius 1 is 1.16 bits per heavy atom. The van der Waals surface area contributed by atoms with Crippen molar-refractivity contribution in [3.8, 4) is 11.5 Å². The van der Waals surface area contributed by atoms with Gasteiger partial charge in [-0.15, -0.1) is 0 Å². The molecule has 0 aromatic heterocycles. The SMILES string of the molecule is C=CC(=O)Oc1ccc2cc(O[SiH2]OC)ccc2c1. The van der Waals surface area contributed by atoms with Crippen LogP contribution < -0.4 is 9.16 Å². The second kappa shape index (κ2) is 6.17. The molecule has 0 aliphatic rings. The fourth-order valence-corrected chi connectivity index (χ4v) is 2.07. The number of carbonyl (C=O) groups is 1. The molecule has 0 unspecified atom stereocenters. The average Bonchev–Trinajstić information content (AvgIpc) is 2.44. The first-order chi connectivity index (χ1) is 9.22. The van der Waals surface area contributed by atoms with Crippen LogP contribution in [0.4, 0.5) is 0 Å². The van der Waals surface area contributed by atoms with Gasteiger partial charge in [-0.05, 0) is 35.0 Å². The Morgan fingerprint density at radius 2 is 1.79 bits per heavy atom. The zero-order valence-corrected chi connectivity index (χ0v) is 12.0. The van der Waals surface area contributed by atoms with Gasteiger partial charge in [0.05, 0.1) is 0 Å². The van der Waals surface area contributed by atoms with E-state index in [1.165, 1.54) is 0 Å². The second-order valence-electron chi connectivity index (χ2n) is 3.85. The zero-order valence-electron chi connectivity index (χ0n) is 10.6. The highest BCUT2D eigenvalue weighted by Gasteiger charge is 2.02. The van der Waals surface area contributed by atoms with E-state index < -0.39 is 16.0 Å². The van der Waals surface area contributed by atoms with Crippen molar-refractivity contribution >= 4 is 26.7 Å². The van der Waals surface area contributed by atoms with Gasteiger partial charge in [-0.2, -0.15) is 0 Å². The van der Waals surface area contributed by atoms with Gasteiger partial charge in [0.25, 0.3) is 0 Å². The smallest absolute Gasteiger partial charge is 0.365 e. The van der Waals surface area contributed by atoms with Gasteiger partial charge in [0, 0.05) is 13.2 Å². The van der Waals surface area contributed by atoms with E-state index >= 15 is 0 Å². The summed E-state index contributed by atoms with van der Waals surface area (Å²) in [6.45, 7) is 3.36. The normalized spacial score (nSPS) is 10.8. The molecular weight excluding hydrogens is 260 g/mol. The van der Waals surface area contributed by atoms with E-state index in [1.54, 1.807) is 19.2 Å². The Bertz CT molecular complexity index is 609. The van der Waals surface area contributed by atoms with E-state index in [1.807, 2.05) is 24.3 Å². The van der Waals surface area contributed by atoms with Crippen LogP contribution in [0.15, 0.2) is 49.1 Å². The molecule has 2 aromatic rings.